The van der Waals surface area contributed by atoms with Crippen molar-refractivity contribution >= 4 is 23.6 Å². The lowest BCUT2D eigenvalue weighted by Gasteiger charge is -2.23. The molecule has 0 bridgehead atoms. The molecule has 1 amide bonds. The Bertz CT molecular complexity index is 666. The molecule has 0 saturated carbocycles. The first-order chi connectivity index (χ1) is 10.9. The van der Waals surface area contributed by atoms with Gasteiger partial charge in [-0.1, -0.05) is 0 Å². The number of anilines is 2. The van der Waals surface area contributed by atoms with Gasteiger partial charge in [-0.2, -0.15) is 9.97 Å². The minimum atomic E-state index is -1.11. The van der Waals surface area contributed by atoms with Crippen LogP contribution < -0.4 is 16.2 Å². The van der Waals surface area contributed by atoms with Crippen LogP contribution in [0.4, 0.5) is 11.8 Å². The first kappa shape index (κ1) is 15.3. The fraction of sp³-hybridized carbons (Fsp3) is 0.538. The van der Waals surface area contributed by atoms with Crippen LogP contribution in [-0.4, -0.2) is 63.8 Å². The van der Waals surface area contributed by atoms with Crippen LogP contribution in [0.15, 0.2) is 0 Å². The van der Waals surface area contributed by atoms with Crippen molar-refractivity contribution in [1.29, 1.82) is 0 Å². The Morgan fingerprint density at radius 2 is 2.13 bits per heavy atom. The van der Waals surface area contributed by atoms with E-state index in [9.17, 15) is 9.59 Å². The van der Waals surface area contributed by atoms with Crippen molar-refractivity contribution in [3.8, 4) is 5.88 Å². The maximum atomic E-state index is 12.0. The molecule has 1 spiro atoms. The molecule has 1 aromatic rings. The molecule has 2 aliphatic rings. The minimum Gasteiger partial charge on any atom is -0.480 e. The molecule has 1 saturated heterocycles. The number of carboxylic acid groups (broad SMARTS) is 1. The molecule has 23 heavy (non-hydrogen) atoms. The highest BCUT2D eigenvalue weighted by Gasteiger charge is 2.48. The Kier molecular flexibility index (Phi) is 3.68. The molecule has 3 rings (SSSR count). The number of aromatic nitrogens is 2. The van der Waals surface area contributed by atoms with Gasteiger partial charge in [0, 0.05) is 19.4 Å². The fourth-order valence-electron chi connectivity index (χ4n) is 2.91. The normalized spacial score (nSPS) is 22.2. The molecule has 1 fully saturated rings. The number of nitrogens with zero attached hydrogens (tertiary/aromatic N) is 3. The van der Waals surface area contributed by atoms with Crippen LogP contribution in [0.25, 0.3) is 0 Å². The number of nitrogen functional groups attached to an aromatic ring is 2. The van der Waals surface area contributed by atoms with E-state index < -0.39 is 18.2 Å². The van der Waals surface area contributed by atoms with Crippen molar-refractivity contribution in [2.45, 2.75) is 18.4 Å². The quantitative estimate of drug-likeness (QED) is 0.610. The van der Waals surface area contributed by atoms with E-state index in [1.54, 1.807) is 4.90 Å². The zero-order valence-corrected chi connectivity index (χ0v) is 12.3. The van der Waals surface area contributed by atoms with Gasteiger partial charge in [-0.15, -0.1) is 0 Å². The molecule has 3 heterocycles. The number of aliphatic carboxylic acids is 1. The number of nitrogens with two attached hydrogens (primary N) is 2. The van der Waals surface area contributed by atoms with E-state index in [-0.39, 0.29) is 18.5 Å². The van der Waals surface area contributed by atoms with E-state index in [4.69, 9.17) is 26.0 Å². The molecule has 0 radical (unpaired) electrons. The Labute approximate surface area is 131 Å². The summed E-state index contributed by atoms with van der Waals surface area (Å²) in [6.07, 6.45) is 1.13. The molecule has 0 aliphatic carbocycles. The van der Waals surface area contributed by atoms with Crippen molar-refractivity contribution in [1.82, 2.24) is 14.9 Å². The maximum Gasteiger partial charge on any atom is 0.329 e. The van der Waals surface area contributed by atoms with Crippen molar-refractivity contribution < 1.29 is 24.2 Å². The molecular formula is C13H17N5O5. The highest BCUT2D eigenvalue weighted by molar-refractivity contribution is 5.78. The van der Waals surface area contributed by atoms with Crippen molar-refractivity contribution in [3.05, 3.63) is 5.56 Å². The van der Waals surface area contributed by atoms with Crippen LogP contribution in [0, 0.1) is 0 Å². The monoisotopic (exact) mass is 323 g/mol. The molecule has 10 heteroatoms. The molecule has 1 aromatic heterocycles. The number of carbonyl (C=O) groups is 2. The summed E-state index contributed by atoms with van der Waals surface area (Å²) in [5.41, 5.74) is 11.5. The number of fused-ring (bicyclic) bond motifs is 1. The van der Waals surface area contributed by atoms with Crippen LogP contribution in [0.3, 0.4) is 0 Å². The second-order valence-electron chi connectivity index (χ2n) is 5.66. The SMILES string of the molecule is Nc1nc(N)c2c(n1)O[C@]1(CCN(C(=O)COCC(=O)O)C1)C2. The van der Waals surface area contributed by atoms with E-state index in [1.165, 1.54) is 0 Å². The van der Waals surface area contributed by atoms with E-state index in [2.05, 4.69) is 9.97 Å². The fourth-order valence-corrected chi connectivity index (χ4v) is 2.91. The van der Waals surface area contributed by atoms with Crippen molar-refractivity contribution in [2.24, 2.45) is 0 Å². The smallest absolute Gasteiger partial charge is 0.329 e. The summed E-state index contributed by atoms with van der Waals surface area (Å²) in [5.74, 6) is -0.685. The average molecular weight is 323 g/mol. The summed E-state index contributed by atoms with van der Waals surface area (Å²) < 4.78 is 10.7. The number of amides is 1. The van der Waals surface area contributed by atoms with Gasteiger partial charge in [-0.3, -0.25) is 4.79 Å². The van der Waals surface area contributed by atoms with Gasteiger partial charge in [0.2, 0.25) is 17.7 Å². The number of likely N-dealkylation sites (tertiary alicyclic amines) is 1. The first-order valence-corrected chi connectivity index (χ1v) is 7.07. The van der Waals surface area contributed by atoms with Crippen LogP contribution in [0.5, 0.6) is 5.88 Å². The number of hydrogen-bond acceptors (Lipinski definition) is 8. The summed E-state index contributed by atoms with van der Waals surface area (Å²) in [4.78, 5) is 32.0. The third-order valence-electron chi connectivity index (χ3n) is 3.95. The van der Waals surface area contributed by atoms with E-state index in [0.29, 0.717) is 43.2 Å². The third kappa shape index (κ3) is 2.97. The molecule has 2 aliphatic heterocycles. The first-order valence-electron chi connectivity index (χ1n) is 7.07. The van der Waals surface area contributed by atoms with Gasteiger partial charge in [0.15, 0.2) is 0 Å². The Morgan fingerprint density at radius 1 is 1.35 bits per heavy atom. The number of ether oxygens (including phenoxy) is 2. The van der Waals surface area contributed by atoms with Gasteiger partial charge in [-0.25, -0.2) is 4.79 Å². The maximum absolute atomic E-state index is 12.0. The largest absolute Gasteiger partial charge is 0.480 e. The summed E-state index contributed by atoms with van der Waals surface area (Å²) in [7, 11) is 0. The summed E-state index contributed by atoms with van der Waals surface area (Å²) in [5, 5.41) is 8.50. The summed E-state index contributed by atoms with van der Waals surface area (Å²) >= 11 is 0. The lowest BCUT2D eigenvalue weighted by atomic mass is 9.97. The van der Waals surface area contributed by atoms with Crippen LogP contribution in [-0.2, 0) is 20.7 Å². The molecule has 5 N–H and O–H groups in total. The number of carboxylic acids is 1. The van der Waals surface area contributed by atoms with Gasteiger partial charge in [0.05, 0.1) is 12.1 Å². The Balaban J connectivity index is 1.63. The van der Waals surface area contributed by atoms with Crippen molar-refractivity contribution in [2.75, 3.05) is 37.8 Å². The predicted molar refractivity (Wildman–Crippen MR) is 77.6 cm³/mol. The lowest BCUT2D eigenvalue weighted by Crippen LogP contribution is -2.41. The van der Waals surface area contributed by atoms with Gasteiger partial charge >= 0.3 is 5.97 Å². The number of hydrogen-bond donors (Lipinski definition) is 3. The highest BCUT2D eigenvalue weighted by Crippen LogP contribution is 2.41. The molecule has 124 valence electrons. The van der Waals surface area contributed by atoms with E-state index >= 15 is 0 Å². The Hall–Kier alpha value is -2.62. The standard InChI is InChI=1S/C13H17N5O5/c14-10-7-3-13(23-11(7)17-12(15)16-10)1-2-18(6-13)8(19)4-22-5-9(20)21/h1-6H2,(H,20,21)(H4,14,15,16,17)/t13-/m1/s1. The molecule has 0 unspecified atom stereocenters. The van der Waals surface area contributed by atoms with Crippen LogP contribution in [0.2, 0.25) is 0 Å². The zero-order valence-electron chi connectivity index (χ0n) is 12.3. The molecule has 0 aromatic carbocycles. The summed E-state index contributed by atoms with van der Waals surface area (Å²) in [6.45, 7) is 0.0757. The number of rotatable bonds is 4. The average Bonchev–Trinajstić information content (AvgIpc) is 3.03. The topological polar surface area (TPSA) is 154 Å². The zero-order chi connectivity index (χ0) is 16.6. The number of carbonyl (C=O) groups excluding carboxylic acids is 1. The van der Waals surface area contributed by atoms with Gasteiger partial charge in [0.1, 0.15) is 24.6 Å². The third-order valence-corrected chi connectivity index (χ3v) is 3.95. The van der Waals surface area contributed by atoms with Gasteiger partial charge in [-0.05, 0) is 0 Å². The van der Waals surface area contributed by atoms with E-state index in [1.807, 2.05) is 0 Å². The predicted octanol–water partition coefficient (Wildman–Crippen LogP) is -1.35. The highest BCUT2D eigenvalue weighted by atomic mass is 16.5. The van der Waals surface area contributed by atoms with E-state index in [0.717, 1.165) is 0 Å². The molecule has 10 nitrogen and oxygen atoms in total. The van der Waals surface area contributed by atoms with Gasteiger partial charge < -0.3 is 30.9 Å². The van der Waals surface area contributed by atoms with Gasteiger partial charge in [0.25, 0.3) is 0 Å². The minimum absolute atomic E-state index is 0.0475. The van der Waals surface area contributed by atoms with Crippen molar-refractivity contribution in [3.63, 3.8) is 0 Å². The Morgan fingerprint density at radius 3 is 2.87 bits per heavy atom. The van der Waals surface area contributed by atoms with Crippen LogP contribution in [0.1, 0.15) is 12.0 Å². The molecule has 1 atom stereocenters. The second kappa shape index (κ2) is 5.54. The molecular weight excluding hydrogens is 306 g/mol. The second-order valence-corrected chi connectivity index (χ2v) is 5.66. The van der Waals surface area contributed by atoms with Crippen LogP contribution >= 0.6 is 0 Å². The lowest BCUT2D eigenvalue weighted by molar-refractivity contribution is -0.145. The summed E-state index contributed by atoms with van der Waals surface area (Å²) in [6, 6.07) is 0.